The van der Waals surface area contributed by atoms with Crippen molar-refractivity contribution in [1.29, 1.82) is 0 Å². The van der Waals surface area contributed by atoms with Gasteiger partial charge in [-0.25, -0.2) is 4.98 Å². The molecule has 1 amide bonds. The number of carbonyl (C=O) groups excluding carboxylic acids is 1. The van der Waals surface area contributed by atoms with Crippen LogP contribution in [-0.2, 0) is 9.53 Å². The highest BCUT2D eigenvalue weighted by Gasteiger charge is 2.39. The van der Waals surface area contributed by atoms with Crippen LogP contribution in [0, 0.1) is 6.92 Å². The number of hydrogen-bond acceptors (Lipinski definition) is 5. The normalized spacial score (nSPS) is 21.1. The van der Waals surface area contributed by atoms with Crippen molar-refractivity contribution in [3.8, 4) is 0 Å². The van der Waals surface area contributed by atoms with Crippen LogP contribution < -0.4 is 5.32 Å². The lowest BCUT2D eigenvalue weighted by Crippen LogP contribution is -2.50. The zero-order valence-electron chi connectivity index (χ0n) is 12.1. The number of aryl methyl sites for hydroxylation is 1. The Morgan fingerprint density at radius 3 is 2.95 bits per heavy atom. The monoisotopic (exact) mass is 304 g/mol. The minimum absolute atomic E-state index is 0.116. The van der Waals surface area contributed by atoms with E-state index in [1.165, 1.54) is 0 Å². The molecular weight excluding hydrogens is 288 g/mol. The smallest absolute Gasteiger partial charge is 0.305 e. The van der Waals surface area contributed by atoms with Gasteiger partial charge in [0.15, 0.2) is 11.3 Å². The number of carbonyl (C=O) groups is 2. The summed E-state index contributed by atoms with van der Waals surface area (Å²) in [6.45, 7) is 2.46. The highest BCUT2D eigenvalue weighted by molar-refractivity contribution is 5.96. The van der Waals surface area contributed by atoms with Crippen LogP contribution in [0.3, 0.4) is 0 Å². The molecule has 0 spiro atoms. The van der Waals surface area contributed by atoms with Gasteiger partial charge in [-0.1, -0.05) is 0 Å². The molecule has 116 valence electrons. The topological polar surface area (TPSA) is 102 Å². The van der Waals surface area contributed by atoms with Crippen molar-refractivity contribution in [2.45, 2.75) is 25.3 Å². The van der Waals surface area contributed by atoms with Crippen LogP contribution in [0.1, 0.15) is 29.1 Å². The van der Waals surface area contributed by atoms with Crippen molar-refractivity contribution in [3.63, 3.8) is 0 Å². The molecule has 1 atom stereocenters. The highest BCUT2D eigenvalue weighted by atomic mass is 16.5. The Balaban J connectivity index is 1.83. The third kappa shape index (κ3) is 2.80. The molecular formula is C15H16N2O5. The van der Waals surface area contributed by atoms with Crippen LogP contribution >= 0.6 is 0 Å². The summed E-state index contributed by atoms with van der Waals surface area (Å²) in [7, 11) is 0. The van der Waals surface area contributed by atoms with Crippen LogP contribution in [0.5, 0.6) is 0 Å². The molecule has 3 heterocycles. The van der Waals surface area contributed by atoms with Crippen molar-refractivity contribution in [2.24, 2.45) is 0 Å². The molecule has 22 heavy (non-hydrogen) atoms. The van der Waals surface area contributed by atoms with Gasteiger partial charge in [-0.15, -0.1) is 0 Å². The maximum Gasteiger partial charge on any atom is 0.305 e. The Morgan fingerprint density at radius 1 is 1.45 bits per heavy atom. The van der Waals surface area contributed by atoms with Crippen molar-refractivity contribution in [2.75, 3.05) is 13.2 Å². The maximum absolute atomic E-state index is 12.4. The first-order valence-electron chi connectivity index (χ1n) is 6.97. The minimum atomic E-state index is -0.979. The summed E-state index contributed by atoms with van der Waals surface area (Å²) >= 11 is 0. The standard InChI is InChI=1S/C15H16N2O5/c1-9-2-3-11-10(16-9)6-12(22-11)14(20)17-15(7-13(18)19)4-5-21-8-15/h2-3,6H,4-5,7-8H2,1H3,(H,17,20)(H,18,19). The molecule has 0 radical (unpaired) electrons. The Labute approximate surface area is 126 Å². The third-order valence-corrected chi connectivity index (χ3v) is 3.71. The zero-order valence-corrected chi connectivity index (χ0v) is 12.1. The second kappa shape index (κ2) is 5.42. The van der Waals surface area contributed by atoms with E-state index in [1.54, 1.807) is 18.2 Å². The molecule has 0 bridgehead atoms. The lowest BCUT2D eigenvalue weighted by Gasteiger charge is -2.26. The summed E-state index contributed by atoms with van der Waals surface area (Å²) in [6, 6.07) is 5.10. The Hall–Kier alpha value is -2.41. The predicted molar refractivity (Wildman–Crippen MR) is 76.6 cm³/mol. The second-order valence-corrected chi connectivity index (χ2v) is 5.55. The van der Waals surface area contributed by atoms with Crippen molar-refractivity contribution >= 4 is 23.0 Å². The largest absolute Gasteiger partial charge is 0.481 e. The van der Waals surface area contributed by atoms with Gasteiger partial charge in [0.2, 0.25) is 0 Å². The lowest BCUT2D eigenvalue weighted by molar-refractivity contribution is -0.138. The number of aliphatic carboxylic acids is 1. The van der Waals surface area contributed by atoms with Crippen molar-refractivity contribution in [3.05, 3.63) is 29.7 Å². The molecule has 1 saturated heterocycles. The van der Waals surface area contributed by atoms with Gasteiger partial charge in [0, 0.05) is 18.4 Å². The molecule has 1 aliphatic heterocycles. The van der Waals surface area contributed by atoms with Crippen LogP contribution in [0.2, 0.25) is 0 Å². The lowest BCUT2D eigenvalue weighted by atomic mass is 9.94. The molecule has 3 rings (SSSR count). The summed E-state index contributed by atoms with van der Waals surface area (Å²) in [5.74, 6) is -1.32. The van der Waals surface area contributed by atoms with Crippen LogP contribution in [-0.4, -0.2) is 40.7 Å². The number of fused-ring (bicyclic) bond motifs is 1. The average molecular weight is 304 g/mol. The number of carboxylic acid groups (broad SMARTS) is 1. The summed E-state index contributed by atoms with van der Waals surface area (Å²) in [5, 5.41) is 11.8. The maximum atomic E-state index is 12.4. The minimum Gasteiger partial charge on any atom is -0.481 e. The number of ether oxygens (including phenoxy) is 1. The van der Waals surface area contributed by atoms with Crippen molar-refractivity contribution in [1.82, 2.24) is 10.3 Å². The van der Waals surface area contributed by atoms with E-state index in [0.29, 0.717) is 24.1 Å². The average Bonchev–Trinajstić information content (AvgIpc) is 3.04. The van der Waals surface area contributed by atoms with E-state index in [9.17, 15) is 9.59 Å². The van der Waals surface area contributed by atoms with E-state index < -0.39 is 17.4 Å². The number of nitrogens with zero attached hydrogens (tertiary/aromatic N) is 1. The molecule has 2 aromatic rings. The Morgan fingerprint density at radius 2 is 2.27 bits per heavy atom. The van der Waals surface area contributed by atoms with Gasteiger partial charge in [0.1, 0.15) is 5.52 Å². The number of hydrogen-bond donors (Lipinski definition) is 2. The van der Waals surface area contributed by atoms with Crippen LogP contribution in [0.4, 0.5) is 0 Å². The van der Waals surface area contributed by atoms with E-state index >= 15 is 0 Å². The fourth-order valence-corrected chi connectivity index (χ4v) is 2.62. The fraction of sp³-hybridized carbons (Fsp3) is 0.400. The van der Waals surface area contributed by atoms with E-state index in [0.717, 1.165) is 5.69 Å². The summed E-state index contributed by atoms with van der Waals surface area (Å²) < 4.78 is 10.7. The number of carboxylic acids is 1. The molecule has 1 aliphatic rings. The molecule has 1 unspecified atom stereocenters. The molecule has 7 heteroatoms. The number of furan rings is 1. The van der Waals surface area contributed by atoms with E-state index in [-0.39, 0.29) is 18.8 Å². The zero-order chi connectivity index (χ0) is 15.7. The number of amides is 1. The Kier molecular flexibility index (Phi) is 3.58. The number of pyridine rings is 1. The second-order valence-electron chi connectivity index (χ2n) is 5.55. The first kappa shape index (κ1) is 14.5. The van der Waals surface area contributed by atoms with Gasteiger partial charge in [0.25, 0.3) is 5.91 Å². The van der Waals surface area contributed by atoms with E-state index in [2.05, 4.69) is 10.3 Å². The predicted octanol–water partition coefficient (Wildman–Crippen LogP) is 1.50. The first-order chi connectivity index (χ1) is 10.5. The molecule has 0 aromatic carbocycles. The van der Waals surface area contributed by atoms with Crippen LogP contribution in [0.25, 0.3) is 11.1 Å². The Bertz CT molecular complexity index is 731. The molecule has 2 aromatic heterocycles. The number of nitrogens with one attached hydrogen (secondary N) is 1. The van der Waals surface area contributed by atoms with Crippen molar-refractivity contribution < 1.29 is 23.8 Å². The van der Waals surface area contributed by atoms with Gasteiger partial charge in [-0.05, 0) is 25.5 Å². The molecule has 0 aliphatic carbocycles. The van der Waals surface area contributed by atoms with Gasteiger partial charge >= 0.3 is 5.97 Å². The van der Waals surface area contributed by atoms with Gasteiger partial charge in [0.05, 0.1) is 18.6 Å². The highest BCUT2D eigenvalue weighted by Crippen LogP contribution is 2.24. The van der Waals surface area contributed by atoms with E-state index in [1.807, 2.05) is 6.92 Å². The quantitative estimate of drug-likeness (QED) is 0.887. The van der Waals surface area contributed by atoms with Gasteiger partial charge < -0.3 is 19.6 Å². The van der Waals surface area contributed by atoms with Crippen LogP contribution in [0.15, 0.2) is 22.6 Å². The third-order valence-electron chi connectivity index (χ3n) is 3.71. The number of rotatable bonds is 4. The molecule has 1 fully saturated rings. The summed E-state index contributed by atoms with van der Waals surface area (Å²) in [4.78, 5) is 27.7. The summed E-state index contributed by atoms with van der Waals surface area (Å²) in [5.41, 5.74) is 1.06. The molecule has 2 N–H and O–H groups in total. The molecule has 0 saturated carbocycles. The van der Waals surface area contributed by atoms with Gasteiger partial charge in [-0.3, -0.25) is 9.59 Å². The van der Waals surface area contributed by atoms with E-state index in [4.69, 9.17) is 14.3 Å². The number of aromatic nitrogens is 1. The first-order valence-corrected chi connectivity index (χ1v) is 6.97. The fourth-order valence-electron chi connectivity index (χ4n) is 2.62. The van der Waals surface area contributed by atoms with Gasteiger partial charge in [-0.2, -0.15) is 0 Å². The summed E-state index contributed by atoms with van der Waals surface area (Å²) in [6.07, 6.45) is 0.277. The SMILES string of the molecule is Cc1ccc2oc(C(=O)NC3(CC(=O)O)CCOC3)cc2n1. The molecule has 7 nitrogen and oxygen atoms in total.